The first kappa shape index (κ1) is 12.4. The van der Waals surface area contributed by atoms with E-state index in [-0.39, 0.29) is 11.6 Å². The number of nitrogens with two attached hydrogens (primary N) is 1. The van der Waals surface area contributed by atoms with E-state index in [1.165, 1.54) is 0 Å². The SMILES string of the molecule is CCN1C(=O)N=C(N)C12CCN(C(C)C)CC2. The molecule has 0 bridgehead atoms. The van der Waals surface area contributed by atoms with E-state index < -0.39 is 0 Å². The first-order valence-electron chi connectivity index (χ1n) is 6.41. The first-order valence-corrected chi connectivity index (χ1v) is 6.41. The van der Waals surface area contributed by atoms with E-state index in [2.05, 4.69) is 23.7 Å². The fourth-order valence-electron chi connectivity index (χ4n) is 2.96. The summed E-state index contributed by atoms with van der Waals surface area (Å²) in [5.74, 6) is 0.521. The average Bonchev–Trinajstić information content (AvgIpc) is 2.51. The number of carbonyl (C=O) groups is 1. The van der Waals surface area contributed by atoms with Gasteiger partial charge in [0.05, 0.1) is 0 Å². The number of likely N-dealkylation sites (tertiary alicyclic amines) is 1. The van der Waals surface area contributed by atoms with Crippen molar-refractivity contribution in [1.82, 2.24) is 9.80 Å². The molecule has 5 heteroatoms. The molecule has 2 rings (SSSR count). The molecule has 1 spiro atoms. The monoisotopic (exact) mass is 238 g/mol. The van der Waals surface area contributed by atoms with E-state index in [9.17, 15) is 4.79 Å². The number of nitrogens with zero attached hydrogens (tertiary/aromatic N) is 3. The summed E-state index contributed by atoms with van der Waals surface area (Å²) in [5.41, 5.74) is 5.70. The molecule has 0 aliphatic carbocycles. The lowest BCUT2D eigenvalue weighted by Gasteiger charge is -2.45. The molecule has 2 N–H and O–H groups in total. The van der Waals surface area contributed by atoms with Gasteiger partial charge in [0.2, 0.25) is 0 Å². The normalized spacial score (nSPS) is 24.8. The molecule has 0 saturated carbocycles. The maximum Gasteiger partial charge on any atom is 0.346 e. The Kier molecular flexibility index (Phi) is 3.12. The maximum absolute atomic E-state index is 11.7. The van der Waals surface area contributed by atoms with Gasteiger partial charge in [0.15, 0.2) is 0 Å². The third-order valence-corrected chi connectivity index (χ3v) is 4.11. The number of carbonyl (C=O) groups excluding carboxylic acids is 1. The Bertz CT molecular complexity index is 342. The molecule has 2 amide bonds. The lowest BCUT2D eigenvalue weighted by molar-refractivity contribution is 0.0882. The molecule has 0 aromatic rings. The predicted molar refractivity (Wildman–Crippen MR) is 68.1 cm³/mol. The predicted octanol–water partition coefficient (Wildman–Crippen LogP) is 1.04. The van der Waals surface area contributed by atoms with Gasteiger partial charge in [0.1, 0.15) is 11.4 Å². The molecule has 1 fully saturated rings. The van der Waals surface area contributed by atoms with Crippen LogP contribution in [0.1, 0.15) is 33.6 Å². The van der Waals surface area contributed by atoms with Crippen LogP contribution < -0.4 is 5.73 Å². The summed E-state index contributed by atoms with van der Waals surface area (Å²) < 4.78 is 0. The number of piperidine rings is 1. The van der Waals surface area contributed by atoms with Gasteiger partial charge in [-0.05, 0) is 33.6 Å². The molecule has 96 valence electrons. The fraction of sp³-hybridized carbons (Fsp3) is 0.833. The molecule has 0 aromatic heterocycles. The molecule has 1 saturated heterocycles. The van der Waals surface area contributed by atoms with Crippen LogP contribution in [0.25, 0.3) is 0 Å². The molecule has 2 heterocycles. The van der Waals surface area contributed by atoms with E-state index in [1.54, 1.807) is 0 Å². The lowest BCUT2D eigenvalue weighted by Crippen LogP contribution is -2.60. The van der Waals surface area contributed by atoms with Crippen LogP contribution in [-0.2, 0) is 0 Å². The van der Waals surface area contributed by atoms with Gasteiger partial charge >= 0.3 is 6.03 Å². The molecule has 2 aliphatic rings. The number of hydrogen-bond acceptors (Lipinski definition) is 3. The molecular formula is C12H22N4O. The highest BCUT2D eigenvalue weighted by Gasteiger charge is 2.49. The van der Waals surface area contributed by atoms with Gasteiger partial charge in [0, 0.05) is 25.7 Å². The summed E-state index contributed by atoms with van der Waals surface area (Å²) in [6.07, 6.45) is 1.81. The second kappa shape index (κ2) is 4.29. The van der Waals surface area contributed by atoms with E-state index in [0.717, 1.165) is 25.9 Å². The standard InChI is InChI=1S/C12H22N4O/c1-4-16-11(17)14-10(13)12(16)5-7-15(8-6-12)9(2)3/h9H,4-8H2,1-3H3,(H2,13,14,17). The maximum atomic E-state index is 11.7. The van der Waals surface area contributed by atoms with Crippen LogP contribution in [0, 0.1) is 0 Å². The van der Waals surface area contributed by atoms with Gasteiger partial charge in [-0.25, -0.2) is 4.79 Å². The second-order valence-corrected chi connectivity index (χ2v) is 5.19. The molecule has 0 aromatic carbocycles. The van der Waals surface area contributed by atoms with Crippen LogP contribution in [0.15, 0.2) is 4.99 Å². The minimum absolute atomic E-state index is 0.164. The lowest BCUT2D eigenvalue weighted by atomic mass is 9.85. The highest BCUT2D eigenvalue weighted by atomic mass is 16.2. The number of rotatable bonds is 2. The van der Waals surface area contributed by atoms with E-state index in [1.807, 2.05) is 11.8 Å². The number of hydrogen-bond donors (Lipinski definition) is 1. The van der Waals surface area contributed by atoms with Gasteiger partial charge in [-0.15, -0.1) is 0 Å². The van der Waals surface area contributed by atoms with Crippen molar-refractivity contribution < 1.29 is 4.79 Å². The van der Waals surface area contributed by atoms with Gasteiger partial charge in [-0.1, -0.05) is 0 Å². The molecule has 2 aliphatic heterocycles. The van der Waals surface area contributed by atoms with Crippen LogP contribution in [0.4, 0.5) is 4.79 Å². The number of likely N-dealkylation sites (N-methyl/N-ethyl adjacent to an activating group) is 1. The molecule has 0 atom stereocenters. The molecule has 0 radical (unpaired) electrons. The highest BCUT2D eigenvalue weighted by molar-refractivity contribution is 6.05. The quantitative estimate of drug-likeness (QED) is 0.782. The minimum Gasteiger partial charge on any atom is -0.385 e. The Morgan fingerprint density at radius 2 is 2.00 bits per heavy atom. The number of aliphatic imine (C=N–C) groups is 1. The van der Waals surface area contributed by atoms with Gasteiger partial charge in [0.25, 0.3) is 0 Å². The van der Waals surface area contributed by atoms with Gasteiger partial charge in [-0.3, -0.25) is 0 Å². The number of amides is 2. The van der Waals surface area contributed by atoms with Gasteiger partial charge < -0.3 is 15.5 Å². The van der Waals surface area contributed by atoms with Crippen LogP contribution >= 0.6 is 0 Å². The minimum atomic E-state index is -0.294. The number of urea groups is 1. The summed E-state index contributed by atoms with van der Waals surface area (Å²) >= 11 is 0. The summed E-state index contributed by atoms with van der Waals surface area (Å²) in [4.78, 5) is 20.0. The third-order valence-electron chi connectivity index (χ3n) is 4.11. The van der Waals surface area contributed by atoms with Crippen LogP contribution in [0.5, 0.6) is 0 Å². The van der Waals surface area contributed by atoms with Gasteiger partial charge in [-0.2, -0.15) is 4.99 Å². The fourth-order valence-corrected chi connectivity index (χ4v) is 2.96. The van der Waals surface area contributed by atoms with E-state index in [0.29, 0.717) is 18.4 Å². The zero-order valence-electron chi connectivity index (χ0n) is 10.9. The van der Waals surface area contributed by atoms with Crippen molar-refractivity contribution in [3.63, 3.8) is 0 Å². The highest BCUT2D eigenvalue weighted by Crippen LogP contribution is 2.34. The Balaban J connectivity index is 2.16. The van der Waals surface area contributed by atoms with Crippen molar-refractivity contribution in [2.45, 2.75) is 45.2 Å². The van der Waals surface area contributed by atoms with Crippen LogP contribution in [0.2, 0.25) is 0 Å². The van der Waals surface area contributed by atoms with E-state index >= 15 is 0 Å². The Morgan fingerprint density at radius 3 is 2.47 bits per heavy atom. The van der Waals surface area contributed by atoms with Crippen LogP contribution in [-0.4, -0.2) is 52.9 Å². The summed E-state index contributed by atoms with van der Waals surface area (Å²) in [6, 6.07) is 0.390. The van der Waals surface area contributed by atoms with Crippen molar-refractivity contribution in [2.75, 3.05) is 19.6 Å². The molecule has 0 unspecified atom stereocenters. The second-order valence-electron chi connectivity index (χ2n) is 5.19. The smallest absolute Gasteiger partial charge is 0.346 e. The molecule has 5 nitrogen and oxygen atoms in total. The van der Waals surface area contributed by atoms with E-state index in [4.69, 9.17) is 5.73 Å². The van der Waals surface area contributed by atoms with Crippen LogP contribution in [0.3, 0.4) is 0 Å². The summed E-state index contributed by atoms with van der Waals surface area (Å²) in [6.45, 7) is 9.04. The van der Waals surface area contributed by atoms with Crippen molar-refractivity contribution in [2.24, 2.45) is 10.7 Å². The topological polar surface area (TPSA) is 61.9 Å². The van der Waals surface area contributed by atoms with Crippen molar-refractivity contribution >= 4 is 11.9 Å². The molecular weight excluding hydrogens is 216 g/mol. The first-order chi connectivity index (χ1) is 8.01. The number of amidine groups is 1. The summed E-state index contributed by atoms with van der Waals surface area (Å²) in [7, 11) is 0. The van der Waals surface area contributed by atoms with Crippen molar-refractivity contribution in [3.05, 3.63) is 0 Å². The average molecular weight is 238 g/mol. The Morgan fingerprint density at radius 1 is 1.41 bits per heavy atom. The third kappa shape index (κ3) is 1.82. The largest absolute Gasteiger partial charge is 0.385 e. The zero-order chi connectivity index (χ0) is 12.6. The van der Waals surface area contributed by atoms with Crippen molar-refractivity contribution in [1.29, 1.82) is 0 Å². The molecule has 17 heavy (non-hydrogen) atoms. The Hall–Kier alpha value is -1.10. The van der Waals surface area contributed by atoms with Crippen molar-refractivity contribution in [3.8, 4) is 0 Å². The summed E-state index contributed by atoms with van der Waals surface area (Å²) in [5, 5.41) is 0. The zero-order valence-corrected chi connectivity index (χ0v) is 10.9. The Labute approximate surface area is 103 Å².